The molecule has 138 valence electrons. The van der Waals surface area contributed by atoms with E-state index in [9.17, 15) is 9.59 Å². The Bertz CT molecular complexity index is 1010. The maximum absolute atomic E-state index is 13.0. The van der Waals surface area contributed by atoms with Crippen LogP contribution in [0.4, 0.5) is 0 Å². The number of hydrogen-bond donors (Lipinski definition) is 0. The molecule has 0 fully saturated rings. The van der Waals surface area contributed by atoms with E-state index < -0.39 is 17.2 Å². The SMILES string of the molecule is Cc1oc(=O)c(-c2ccccc2)c(-c2ccccc2)c1C(=O)OC(C)(C)C. The molecule has 0 N–H and O–H groups in total. The van der Waals surface area contributed by atoms with Crippen LogP contribution in [-0.4, -0.2) is 11.6 Å². The summed E-state index contributed by atoms with van der Waals surface area (Å²) < 4.78 is 11.0. The quantitative estimate of drug-likeness (QED) is 0.598. The Morgan fingerprint density at radius 3 is 1.81 bits per heavy atom. The van der Waals surface area contributed by atoms with Crippen molar-refractivity contribution >= 4 is 5.97 Å². The minimum Gasteiger partial charge on any atom is -0.456 e. The fourth-order valence-electron chi connectivity index (χ4n) is 2.98. The highest BCUT2D eigenvalue weighted by atomic mass is 16.6. The molecule has 0 aliphatic carbocycles. The van der Waals surface area contributed by atoms with Crippen molar-refractivity contribution < 1.29 is 13.9 Å². The maximum atomic E-state index is 13.0. The van der Waals surface area contributed by atoms with Crippen molar-refractivity contribution in [2.24, 2.45) is 0 Å². The number of hydrogen-bond acceptors (Lipinski definition) is 4. The predicted octanol–water partition coefficient (Wildman–Crippen LogP) is 5.24. The molecule has 4 heteroatoms. The van der Waals surface area contributed by atoms with Gasteiger partial charge in [-0.1, -0.05) is 60.7 Å². The van der Waals surface area contributed by atoms with Gasteiger partial charge in [0.05, 0.1) is 5.56 Å². The van der Waals surface area contributed by atoms with Crippen molar-refractivity contribution in [2.75, 3.05) is 0 Å². The normalized spacial score (nSPS) is 11.3. The Labute approximate surface area is 158 Å². The fraction of sp³-hybridized carbons (Fsp3) is 0.217. The minimum absolute atomic E-state index is 0.243. The van der Waals surface area contributed by atoms with Gasteiger partial charge in [-0.25, -0.2) is 9.59 Å². The number of rotatable bonds is 3. The monoisotopic (exact) mass is 362 g/mol. The molecule has 0 unspecified atom stereocenters. The molecule has 0 atom stereocenters. The van der Waals surface area contributed by atoms with E-state index in [1.165, 1.54) is 0 Å². The molecule has 0 bridgehead atoms. The van der Waals surface area contributed by atoms with Gasteiger partial charge in [-0.15, -0.1) is 0 Å². The van der Waals surface area contributed by atoms with Crippen LogP contribution in [0, 0.1) is 6.92 Å². The molecule has 0 saturated carbocycles. The molecule has 0 aliphatic rings. The number of benzene rings is 2. The molecule has 0 radical (unpaired) electrons. The molecule has 3 aromatic rings. The lowest BCUT2D eigenvalue weighted by molar-refractivity contribution is 0.00666. The second-order valence-electron chi connectivity index (χ2n) is 7.30. The molecule has 0 spiro atoms. The van der Waals surface area contributed by atoms with Gasteiger partial charge in [-0.2, -0.15) is 0 Å². The van der Waals surface area contributed by atoms with Gasteiger partial charge in [-0.3, -0.25) is 0 Å². The first-order chi connectivity index (χ1) is 12.8. The highest BCUT2D eigenvalue weighted by Crippen LogP contribution is 2.35. The summed E-state index contributed by atoms with van der Waals surface area (Å²) in [5.74, 6) is -0.271. The molecule has 27 heavy (non-hydrogen) atoms. The van der Waals surface area contributed by atoms with Crippen LogP contribution in [0.1, 0.15) is 36.9 Å². The summed E-state index contributed by atoms with van der Waals surface area (Å²) in [7, 11) is 0. The van der Waals surface area contributed by atoms with Crippen molar-refractivity contribution in [3.63, 3.8) is 0 Å². The standard InChI is InChI=1S/C23H22O4/c1-15-18(22(25)27-23(2,3)4)19(16-11-7-5-8-12-16)20(21(24)26-15)17-13-9-6-10-14-17/h5-14H,1-4H3. The van der Waals surface area contributed by atoms with E-state index in [0.717, 1.165) is 5.56 Å². The van der Waals surface area contributed by atoms with E-state index >= 15 is 0 Å². The summed E-state index contributed by atoms with van der Waals surface area (Å²) in [5, 5.41) is 0. The first kappa shape index (κ1) is 18.6. The Morgan fingerprint density at radius 2 is 1.33 bits per heavy atom. The van der Waals surface area contributed by atoms with Crippen molar-refractivity contribution in [1.29, 1.82) is 0 Å². The number of aryl methyl sites for hydroxylation is 1. The summed E-state index contributed by atoms with van der Waals surface area (Å²) in [6.07, 6.45) is 0. The number of esters is 1. The second kappa shape index (κ2) is 7.23. The van der Waals surface area contributed by atoms with Crippen LogP contribution in [0.2, 0.25) is 0 Å². The highest BCUT2D eigenvalue weighted by Gasteiger charge is 2.28. The third kappa shape index (κ3) is 4.00. The van der Waals surface area contributed by atoms with Crippen LogP contribution in [0.3, 0.4) is 0 Å². The first-order valence-electron chi connectivity index (χ1n) is 8.80. The van der Waals surface area contributed by atoms with Gasteiger partial charge < -0.3 is 9.15 Å². The van der Waals surface area contributed by atoms with Crippen molar-refractivity contribution in [3.05, 3.63) is 82.4 Å². The van der Waals surface area contributed by atoms with Gasteiger partial charge in [0, 0.05) is 5.56 Å². The van der Waals surface area contributed by atoms with E-state index in [4.69, 9.17) is 9.15 Å². The number of carbonyl (C=O) groups excluding carboxylic acids is 1. The lowest BCUT2D eigenvalue weighted by atomic mass is 9.91. The van der Waals surface area contributed by atoms with Gasteiger partial charge in [-0.05, 0) is 38.8 Å². The van der Waals surface area contributed by atoms with Gasteiger partial charge in [0.1, 0.15) is 16.9 Å². The molecule has 1 aromatic heterocycles. The van der Waals surface area contributed by atoms with Gasteiger partial charge in [0.2, 0.25) is 0 Å². The largest absolute Gasteiger partial charge is 0.456 e. The average molecular weight is 362 g/mol. The summed E-state index contributed by atoms with van der Waals surface area (Å²) in [5.41, 5.74) is 1.46. The topological polar surface area (TPSA) is 56.5 Å². The third-order valence-corrected chi connectivity index (χ3v) is 4.03. The highest BCUT2D eigenvalue weighted by molar-refractivity contribution is 6.02. The van der Waals surface area contributed by atoms with Gasteiger partial charge in [0.25, 0.3) is 0 Å². The molecule has 0 amide bonds. The summed E-state index contributed by atoms with van der Waals surface area (Å²) >= 11 is 0. The zero-order valence-corrected chi connectivity index (χ0v) is 15.9. The van der Waals surface area contributed by atoms with Crippen LogP contribution in [0.25, 0.3) is 22.3 Å². The fourth-order valence-corrected chi connectivity index (χ4v) is 2.98. The Kier molecular flexibility index (Phi) is 5.00. The van der Waals surface area contributed by atoms with E-state index in [-0.39, 0.29) is 11.3 Å². The van der Waals surface area contributed by atoms with Crippen LogP contribution in [0.5, 0.6) is 0 Å². The van der Waals surface area contributed by atoms with Crippen LogP contribution in [-0.2, 0) is 4.74 Å². The predicted molar refractivity (Wildman–Crippen MR) is 106 cm³/mol. The summed E-state index contributed by atoms with van der Waals surface area (Å²) in [6.45, 7) is 7.03. The van der Waals surface area contributed by atoms with Crippen LogP contribution >= 0.6 is 0 Å². The molecule has 4 nitrogen and oxygen atoms in total. The molecule has 0 aliphatic heterocycles. The van der Waals surface area contributed by atoms with Crippen molar-refractivity contribution in [2.45, 2.75) is 33.3 Å². The van der Waals surface area contributed by atoms with E-state index in [1.54, 1.807) is 27.7 Å². The molecule has 3 rings (SSSR count). The van der Waals surface area contributed by atoms with E-state index in [1.807, 2.05) is 60.7 Å². The van der Waals surface area contributed by atoms with Crippen LogP contribution in [0.15, 0.2) is 69.9 Å². The Balaban J connectivity index is 2.37. The lowest BCUT2D eigenvalue weighted by Gasteiger charge is -2.22. The zero-order chi connectivity index (χ0) is 19.6. The molecular formula is C23H22O4. The first-order valence-corrected chi connectivity index (χ1v) is 8.80. The third-order valence-electron chi connectivity index (χ3n) is 4.03. The zero-order valence-electron chi connectivity index (χ0n) is 15.9. The van der Waals surface area contributed by atoms with E-state index in [2.05, 4.69) is 0 Å². The molecular weight excluding hydrogens is 340 g/mol. The van der Waals surface area contributed by atoms with Crippen LogP contribution < -0.4 is 5.63 Å². The average Bonchev–Trinajstić information content (AvgIpc) is 2.61. The maximum Gasteiger partial charge on any atom is 0.344 e. The molecule has 2 aromatic carbocycles. The molecule has 0 saturated heterocycles. The summed E-state index contributed by atoms with van der Waals surface area (Å²) in [6, 6.07) is 18.6. The Hall–Kier alpha value is -3.14. The number of ether oxygens (including phenoxy) is 1. The lowest BCUT2D eigenvalue weighted by Crippen LogP contribution is -2.25. The second-order valence-corrected chi connectivity index (χ2v) is 7.30. The van der Waals surface area contributed by atoms with Crippen molar-refractivity contribution in [1.82, 2.24) is 0 Å². The Morgan fingerprint density at radius 1 is 0.852 bits per heavy atom. The smallest absolute Gasteiger partial charge is 0.344 e. The van der Waals surface area contributed by atoms with Crippen molar-refractivity contribution in [3.8, 4) is 22.3 Å². The molecule has 1 heterocycles. The van der Waals surface area contributed by atoms with E-state index in [0.29, 0.717) is 16.7 Å². The van der Waals surface area contributed by atoms with Gasteiger partial charge in [0.15, 0.2) is 0 Å². The minimum atomic E-state index is -0.666. The summed E-state index contributed by atoms with van der Waals surface area (Å²) in [4.78, 5) is 25.8. The number of carbonyl (C=O) groups is 1. The van der Waals surface area contributed by atoms with Gasteiger partial charge >= 0.3 is 11.6 Å².